The van der Waals surface area contributed by atoms with Crippen LogP contribution in [0.15, 0.2) is 17.0 Å². The maximum Gasteiger partial charge on any atom is 0.242 e. The lowest BCUT2D eigenvalue weighted by Gasteiger charge is -2.12. The molecule has 1 saturated carbocycles. The van der Waals surface area contributed by atoms with Crippen LogP contribution >= 0.6 is 0 Å². The molecule has 0 spiro atoms. The van der Waals surface area contributed by atoms with Crippen molar-refractivity contribution in [3.8, 4) is 0 Å². The molecule has 0 heterocycles. The molecule has 0 amide bonds. The molecule has 1 aliphatic carbocycles. The average molecular weight is 296 g/mol. The van der Waals surface area contributed by atoms with Crippen LogP contribution in [0.3, 0.4) is 0 Å². The zero-order valence-corrected chi connectivity index (χ0v) is 13.9. The zero-order chi connectivity index (χ0) is 15.5. The second-order valence-corrected chi connectivity index (χ2v) is 8.65. The number of nitrogens with one attached hydrogen (secondary N) is 1. The lowest BCUT2D eigenvalue weighted by atomic mass is 10.0. The summed E-state index contributed by atoms with van der Waals surface area (Å²) in [4.78, 5) is 0.180. The van der Waals surface area contributed by atoms with Crippen molar-refractivity contribution in [1.82, 2.24) is 4.72 Å². The summed E-state index contributed by atoms with van der Waals surface area (Å²) in [5.74, 6) is 0. The summed E-state index contributed by atoms with van der Waals surface area (Å²) in [6.07, 6.45) is 0. The number of nitrogen functional groups attached to an aromatic ring is 1. The molecule has 20 heavy (non-hydrogen) atoms. The molecule has 0 aromatic heterocycles. The van der Waals surface area contributed by atoms with E-state index in [0.717, 1.165) is 11.1 Å². The molecule has 1 aromatic rings. The molecular weight excluding hydrogens is 272 g/mol. The molecule has 1 fully saturated rings. The van der Waals surface area contributed by atoms with Gasteiger partial charge in [0, 0.05) is 6.04 Å². The van der Waals surface area contributed by atoms with Gasteiger partial charge in [-0.05, 0) is 47.9 Å². The van der Waals surface area contributed by atoms with Gasteiger partial charge in [-0.2, -0.15) is 0 Å². The molecule has 0 radical (unpaired) electrons. The van der Waals surface area contributed by atoms with E-state index in [1.54, 1.807) is 12.1 Å². The number of sulfonamides is 1. The number of aryl methyl sites for hydroxylation is 2. The Bertz CT molecular complexity index is 647. The van der Waals surface area contributed by atoms with Crippen molar-refractivity contribution >= 4 is 15.7 Å². The Morgan fingerprint density at radius 1 is 1.05 bits per heavy atom. The fourth-order valence-electron chi connectivity index (χ4n) is 2.75. The largest absolute Gasteiger partial charge is 0.398 e. The van der Waals surface area contributed by atoms with Crippen LogP contribution in [0.2, 0.25) is 0 Å². The maximum atomic E-state index is 12.6. The van der Waals surface area contributed by atoms with E-state index in [9.17, 15) is 8.42 Å². The van der Waals surface area contributed by atoms with Gasteiger partial charge in [-0.3, -0.25) is 0 Å². The van der Waals surface area contributed by atoms with Crippen molar-refractivity contribution in [3.05, 3.63) is 23.3 Å². The first-order chi connectivity index (χ1) is 8.91. The Hall–Kier alpha value is -1.07. The fourth-order valence-corrected chi connectivity index (χ4v) is 4.48. The van der Waals surface area contributed by atoms with E-state index in [1.807, 2.05) is 13.8 Å². The molecule has 2 rings (SSSR count). The van der Waals surface area contributed by atoms with Crippen LogP contribution in [0.4, 0.5) is 5.69 Å². The van der Waals surface area contributed by atoms with Gasteiger partial charge in [0.15, 0.2) is 0 Å². The highest BCUT2D eigenvalue weighted by atomic mass is 32.2. The molecule has 0 saturated heterocycles. The van der Waals surface area contributed by atoms with Crippen LogP contribution in [-0.4, -0.2) is 14.5 Å². The predicted molar refractivity (Wildman–Crippen MR) is 82.0 cm³/mol. The van der Waals surface area contributed by atoms with Crippen molar-refractivity contribution in [2.24, 2.45) is 10.8 Å². The Morgan fingerprint density at radius 2 is 1.50 bits per heavy atom. The average Bonchev–Trinajstić information content (AvgIpc) is 2.65. The molecule has 5 heteroatoms. The monoisotopic (exact) mass is 296 g/mol. The highest BCUT2D eigenvalue weighted by molar-refractivity contribution is 7.89. The number of hydrogen-bond donors (Lipinski definition) is 2. The van der Waals surface area contributed by atoms with E-state index in [4.69, 9.17) is 5.73 Å². The van der Waals surface area contributed by atoms with Crippen molar-refractivity contribution in [1.29, 1.82) is 0 Å². The lowest BCUT2D eigenvalue weighted by Crippen LogP contribution is -2.30. The third-order valence-corrected chi connectivity index (χ3v) is 6.69. The number of anilines is 1. The summed E-state index contributed by atoms with van der Waals surface area (Å²) in [7, 11) is -3.58. The third kappa shape index (κ3) is 2.13. The number of benzene rings is 1. The van der Waals surface area contributed by atoms with Gasteiger partial charge in [0.2, 0.25) is 10.0 Å². The Balaban J connectivity index is 2.36. The Morgan fingerprint density at radius 3 is 1.95 bits per heavy atom. The van der Waals surface area contributed by atoms with Gasteiger partial charge >= 0.3 is 0 Å². The summed E-state index contributed by atoms with van der Waals surface area (Å²) in [6, 6.07) is 3.30. The van der Waals surface area contributed by atoms with Gasteiger partial charge in [0.05, 0.1) is 5.69 Å². The normalized spacial score (nSPS) is 20.9. The first-order valence-corrected chi connectivity index (χ1v) is 8.28. The topological polar surface area (TPSA) is 72.2 Å². The molecule has 112 valence electrons. The van der Waals surface area contributed by atoms with E-state index in [1.165, 1.54) is 0 Å². The first-order valence-electron chi connectivity index (χ1n) is 6.80. The summed E-state index contributed by atoms with van der Waals surface area (Å²) < 4.78 is 27.9. The molecule has 0 bridgehead atoms. The molecule has 0 unspecified atom stereocenters. The van der Waals surface area contributed by atoms with Crippen LogP contribution in [0.25, 0.3) is 0 Å². The van der Waals surface area contributed by atoms with Gasteiger partial charge in [0.1, 0.15) is 4.90 Å². The minimum absolute atomic E-state index is 0.0471. The zero-order valence-electron chi connectivity index (χ0n) is 13.0. The lowest BCUT2D eigenvalue weighted by molar-refractivity contribution is 0.457. The SMILES string of the molecule is Cc1cc(N)c(S(=O)(=O)NC2C(C)(C)C2(C)C)cc1C. The molecular formula is C15H24N2O2S. The first kappa shape index (κ1) is 15.3. The van der Waals surface area contributed by atoms with Gasteiger partial charge in [-0.1, -0.05) is 27.7 Å². The summed E-state index contributed by atoms with van der Waals surface area (Å²) in [6.45, 7) is 12.1. The third-order valence-electron chi connectivity index (χ3n) is 5.21. The van der Waals surface area contributed by atoms with Crippen molar-refractivity contribution in [3.63, 3.8) is 0 Å². The van der Waals surface area contributed by atoms with Crippen LogP contribution in [-0.2, 0) is 10.0 Å². The minimum Gasteiger partial charge on any atom is -0.398 e. The van der Waals surface area contributed by atoms with Gasteiger partial charge in [0.25, 0.3) is 0 Å². The fraction of sp³-hybridized carbons (Fsp3) is 0.600. The van der Waals surface area contributed by atoms with E-state index >= 15 is 0 Å². The van der Waals surface area contributed by atoms with Gasteiger partial charge in [-0.15, -0.1) is 0 Å². The van der Waals surface area contributed by atoms with Gasteiger partial charge in [-0.25, -0.2) is 13.1 Å². The second-order valence-electron chi connectivity index (χ2n) is 6.97. The highest BCUT2D eigenvalue weighted by Gasteiger charge is 2.66. The Labute approximate surface area is 121 Å². The molecule has 1 aliphatic rings. The van der Waals surface area contributed by atoms with Crippen LogP contribution < -0.4 is 10.5 Å². The van der Waals surface area contributed by atoms with Gasteiger partial charge < -0.3 is 5.73 Å². The molecule has 0 aliphatic heterocycles. The maximum absolute atomic E-state index is 12.6. The van der Waals surface area contributed by atoms with E-state index in [-0.39, 0.29) is 21.8 Å². The number of rotatable bonds is 3. The summed E-state index contributed by atoms with van der Waals surface area (Å²) in [5.41, 5.74) is 8.02. The smallest absolute Gasteiger partial charge is 0.242 e. The Kier molecular flexibility index (Phi) is 3.23. The van der Waals surface area contributed by atoms with Crippen molar-refractivity contribution in [2.75, 3.05) is 5.73 Å². The quantitative estimate of drug-likeness (QED) is 0.842. The minimum atomic E-state index is -3.58. The molecule has 4 nitrogen and oxygen atoms in total. The molecule has 1 aromatic carbocycles. The van der Waals surface area contributed by atoms with Crippen LogP contribution in [0, 0.1) is 24.7 Å². The van der Waals surface area contributed by atoms with Crippen LogP contribution in [0.1, 0.15) is 38.8 Å². The van der Waals surface area contributed by atoms with E-state index in [0.29, 0.717) is 5.69 Å². The summed E-state index contributed by atoms with van der Waals surface area (Å²) in [5, 5.41) is 0. The van der Waals surface area contributed by atoms with Crippen molar-refractivity contribution < 1.29 is 8.42 Å². The number of hydrogen-bond acceptors (Lipinski definition) is 3. The highest BCUT2D eigenvalue weighted by Crippen LogP contribution is 2.63. The standard InChI is InChI=1S/C15H24N2O2S/c1-9-7-11(16)12(8-10(9)2)20(18,19)17-13-14(3,4)15(13,5)6/h7-8,13,17H,16H2,1-6H3. The van der Waals surface area contributed by atoms with E-state index in [2.05, 4.69) is 32.4 Å². The predicted octanol–water partition coefficient (Wildman–Crippen LogP) is 2.60. The van der Waals surface area contributed by atoms with Crippen LogP contribution in [0.5, 0.6) is 0 Å². The molecule has 0 atom stereocenters. The van der Waals surface area contributed by atoms with Crippen molar-refractivity contribution in [2.45, 2.75) is 52.5 Å². The number of nitrogens with two attached hydrogens (primary N) is 1. The molecule has 3 N–H and O–H groups in total. The summed E-state index contributed by atoms with van der Waals surface area (Å²) >= 11 is 0. The second kappa shape index (κ2) is 4.21. The van der Waals surface area contributed by atoms with E-state index < -0.39 is 10.0 Å².